The summed E-state index contributed by atoms with van der Waals surface area (Å²) in [6.45, 7) is 0. The Morgan fingerprint density at radius 3 is 2.86 bits per heavy atom. The van der Waals surface area contributed by atoms with E-state index < -0.39 is 0 Å². The summed E-state index contributed by atoms with van der Waals surface area (Å²) in [4.78, 5) is 6.17. The number of hydrogen-bond donors (Lipinski definition) is 1. The van der Waals surface area contributed by atoms with Crippen LogP contribution in [-0.4, -0.2) is 20.5 Å². The molecule has 0 radical (unpaired) electrons. The zero-order chi connectivity index (χ0) is 9.97. The van der Waals surface area contributed by atoms with Crippen LogP contribution in [0.4, 0.5) is 11.8 Å². The number of aromatic nitrogens is 4. The molecular formula is C4H2N8O2. The molecule has 0 spiro atoms. The molecule has 0 unspecified atom stereocenters. The summed E-state index contributed by atoms with van der Waals surface area (Å²) >= 11 is 0. The van der Waals surface area contributed by atoms with Gasteiger partial charge in [0.05, 0.1) is 0 Å². The predicted octanol–water partition coefficient (Wildman–Crippen LogP) is 0.644. The van der Waals surface area contributed by atoms with Gasteiger partial charge >= 0.3 is 6.01 Å². The Morgan fingerprint density at radius 1 is 1.36 bits per heavy atom. The molecule has 70 valence electrons. The van der Waals surface area contributed by atoms with Crippen molar-refractivity contribution in [2.45, 2.75) is 0 Å². The minimum atomic E-state index is -0.130. The standard InChI is InChI=1S/C4H2N8O2/c5-4-7-2(10-13-4)1-3(8-12-6)11-14-9-1/h(H2,5,7,10). The second-order valence-corrected chi connectivity index (χ2v) is 2.08. The van der Waals surface area contributed by atoms with Crippen molar-refractivity contribution in [3.63, 3.8) is 0 Å². The highest BCUT2D eigenvalue weighted by Gasteiger charge is 2.16. The summed E-state index contributed by atoms with van der Waals surface area (Å²) < 4.78 is 8.83. The van der Waals surface area contributed by atoms with Gasteiger partial charge in [-0.05, 0) is 21.0 Å². The van der Waals surface area contributed by atoms with Crippen LogP contribution in [-0.2, 0) is 0 Å². The van der Waals surface area contributed by atoms with Crippen LogP contribution in [0.1, 0.15) is 0 Å². The number of nitrogens with two attached hydrogens (primary N) is 1. The molecule has 0 aliphatic carbocycles. The number of anilines is 1. The molecule has 14 heavy (non-hydrogen) atoms. The Morgan fingerprint density at radius 2 is 2.21 bits per heavy atom. The lowest BCUT2D eigenvalue weighted by Crippen LogP contribution is -1.84. The van der Waals surface area contributed by atoms with E-state index in [0.717, 1.165) is 0 Å². The van der Waals surface area contributed by atoms with Crippen molar-refractivity contribution in [2.24, 2.45) is 5.11 Å². The fourth-order valence-electron chi connectivity index (χ4n) is 0.764. The molecule has 0 aliphatic rings. The van der Waals surface area contributed by atoms with E-state index in [-0.39, 0.29) is 23.4 Å². The summed E-state index contributed by atoms with van der Waals surface area (Å²) in [5.74, 6) is -0.0283. The molecule has 0 fully saturated rings. The van der Waals surface area contributed by atoms with Crippen molar-refractivity contribution in [1.29, 1.82) is 0 Å². The molecular weight excluding hydrogens is 192 g/mol. The second kappa shape index (κ2) is 3.03. The highest BCUT2D eigenvalue weighted by atomic mass is 16.6. The SMILES string of the molecule is [N-]=[N+]=Nc1nonc1-c1noc(N)n1. The van der Waals surface area contributed by atoms with Crippen molar-refractivity contribution in [1.82, 2.24) is 20.5 Å². The highest BCUT2D eigenvalue weighted by Crippen LogP contribution is 2.23. The first-order chi connectivity index (χ1) is 6.81. The predicted molar refractivity (Wildman–Crippen MR) is 40.8 cm³/mol. The van der Waals surface area contributed by atoms with Crippen LogP contribution >= 0.6 is 0 Å². The Balaban J connectivity index is 2.50. The van der Waals surface area contributed by atoms with Gasteiger partial charge in [-0.2, -0.15) is 4.98 Å². The molecule has 0 aliphatic heterocycles. The largest absolute Gasteiger partial charge is 0.351 e. The van der Waals surface area contributed by atoms with Crippen LogP contribution in [0.3, 0.4) is 0 Å². The van der Waals surface area contributed by atoms with Gasteiger partial charge in [0.15, 0.2) is 5.69 Å². The quantitative estimate of drug-likeness (QED) is 0.418. The summed E-state index contributed by atoms with van der Waals surface area (Å²) in [5, 5.41) is 13.4. The fraction of sp³-hybridized carbons (Fsp3) is 0. The summed E-state index contributed by atoms with van der Waals surface area (Å²) in [6, 6.07) is -0.130. The molecule has 0 atom stereocenters. The van der Waals surface area contributed by atoms with Crippen molar-refractivity contribution in [3.8, 4) is 11.5 Å². The Kier molecular flexibility index (Phi) is 1.73. The molecule has 2 N–H and O–H groups in total. The average molecular weight is 194 g/mol. The maximum atomic E-state index is 8.17. The van der Waals surface area contributed by atoms with Gasteiger partial charge in [0.25, 0.3) is 0 Å². The van der Waals surface area contributed by atoms with Gasteiger partial charge in [-0.3, -0.25) is 0 Å². The minimum absolute atomic E-state index is 0.0474. The second-order valence-electron chi connectivity index (χ2n) is 2.08. The Labute approximate surface area is 75.3 Å². The van der Waals surface area contributed by atoms with Gasteiger partial charge in [0.2, 0.25) is 11.6 Å². The Hall–Kier alpha value is -2.61. The van der Waals surface area contributed by atoms with Crippen LogP contribution < -0.4 is 5.73 Å². The molecule has 0 amide bonds. The third-order valence-electron chi connectivity index (χ3n) is 1.26. The van der Waals surface area contributed by atoms with E-state index in [0.29, 0.717) is 0 Å². The van der Waals surface area contributed by atoms with Gasteiger partial charge in [-0.25, -0.2) is 4.63 Å². The van der Waals surface area contributed by atoms with Crippen LogP contribution in [0.5, 0.6) is 0 Å². The van der Waals surface area contributed by atoms with Crippen LogP contribution in [0, 0.1) is 0 Å². The molecule has 0 aromatic carbocycles. The molecule has 2 rings (SSSR count). The maximum Gasteiger partial charge on any atom is 0.319 e. The lowest BCUT2D eigenvalue weighted by molar-refractivity contribution is 0.309. The monoisotopic (exact) mass is 194 g/mol. The molecule has 2 heterocycles. The number of rotatable bonds is 2. The number of nitrogens with zero attached hydrogens (tertiary/aromatic N) is 7. The lowest BCUT2D eigenvalue weighted by Gasteiger charge is -1.81. The highest BCUT2D eigenvalue weighted by molar-refractivity contribution is 5.61. The zero-order valence-electron chi connectivity index (χ0n) is 6.52. The van der Waals surface area contributed by atoms with E-state index in [4.69, 9.17) is 11.3 Å². The van der Waals surface area contributed by atoms with Crippen molar-refractivity contribution >= 4 is 11.8 Å². The lowest BCUT2D eigenvalue weighted by atomic mass is 10.4. The van der Waals surface area contributed by atoms with Crippen LogP contribution in [0.2, 0.25) is 0 Å². The maximum absolute atomic E-state index is 8.17. The molecule has 10 heteroatoms. The van der Waals surface area contributed by atoms with E-state index in [9.17, 15) is 0 Å². The first-order valence-electron chi connectivity index (χ1n) is 3.28. The number of hydrogen-bond acceptors (Lipinski definition) is 8. The molecule has 0 saturated carbocycles. The van der Waals surface area contributed by atoms with Crippen LogP contribution in [0.15, 0.2) is 14.3 Å². The van der Waals surface area contributed by atoms with Gasteiger partial charge in [0.1, 0.15) is 0 Å². The topological polar surface area (TPSA) is 153 Å². The van der Waals surface area contributed by atoms with Gasteiger partial charge in [-0.1, -0.05) is 5.16 Å². The van der Waals surface area contributed by atoms with Gasteiger partial charge in [-0.15, -0.1) is 0 Å². The first-order valence-corrected chi connectivity index (χ1v) is 3.28. The molecule has 0 saturated heterocycles. The van der Waals surface area contributed by atoms with E-state index in [1.807, 2.05) is 0 Å². The minimum Gasteiger partial charge on any atom is -0.351 e. The molecule has 10 nitrogen and oxygen atoms in total. The average Bonchev–Trinajstić information content (AvgIpc) is 2.74. The first kappa shape index (κ1) is 8.01. The Bertz CT molecular complexity index is 493. The fourth-order valence-corrected chi connectivity index (χ4v) is 0.764. The van der Waals surface area contributed by atoms with E-state index in [2.05, 4.69) is 39.6 Å². The summed E-state index contributed by atoms with van der Waals surface area (Å²) in [5.41, 5.74) is 13.4. The van der Waals surface area contributed by atoms with Crippen molar-refractivity contribution < 1.29 is 9.15 Å². The summed E-state index contributed by atoms with van der Waals surface area (Å²) in [7, 11) is 0. The smallest absolute Gasteiger partial charge is 0.319 e. The van der Waals surface area contributed by atoms with Gasteiger partial charge in [0, 0.05) is 4.91 Å². The van der Waals surface area contributed by atoms with Crippen LogP contribution in [0.25, 0.3) is 22.0 Å². The van der Waals surface area contributed by atoms with E-state index in [1.54, 1.807) is 0 Å². The molecule has 2 aromatic heterocycles. The normalized spacial score (nSPS) is 9.71. The third kappa shape index (κ3) is 1.21. The third-order valence-corrected chi connectivity index (χ3v) is 1.26. The molecule has 2 aromatic rings. The summed E-state index contributed by atoms with van der Waals surface area (Å²) in [6.07, 6.45) is 0. The van der Waals surface area contributed by atoms with Gasteiger partial charge < -0.3 is 10.3 Å². The van der Waals surface area contributed by atoms with Crippen molar-refractivity contribution in [2.75, 3.05) is 5.73 Å². The number of nitrogen functional groups attached to an aromatic ring is 1. The van der Waals surface area contributed by atoms with E-state index in [1.165, 1.54) is 0 Å². The van der Waals surface area contributed by atoms with E-state index >= 15 is 0 Å². The molecule has 0 bridgehead atoms. The van der Waals surface area contributed by atoms with Crippen molar-refractivity contribution in [3.05, 3.63) is 10.4 Å². The number of azide groups is 1. The zero-order valence-corrected chi connectivity index (χ0v) is 6.52.